The maximum absolute atomic E-state index is 13.3. The van der Waals surface area contributed by atoms with Crippen molar-refractivity contribution in [2.24, 2.45) is 0 Å². The fourth-order valence-electron chi connectivity index (χ4n) is 1.66. The molecule has 5 nitrogen and oxygen atoms in total. The van der Waals surface area contributed by atoms with Crippen molar-refractivity contribution in [1.29, 1.82) is 0 Å². The Morgan fingerprint density at radius 3 is 2.67 bits per heavy atom. The summed E-state index contributed by atoms with van der Waals surface area (Å²) in [6.45, 7) is 2.53. The van der Waals surface area contributed by atoms with Crippen LogP contribution in [0.1, 0.15) is 6.92 Å². The number of rotatable bonds is 5. The van der Waals surface area contributed by atoms with Gasteiger partial charge in [0.15, 0.2) is 0 Å². The van der Waals surface area contributed by atoms with Crippen LogP contribution in [0.25, 0.3) is 0 Å². The summed E-state index contributed by atoms with van der Waals surface area (Å²) in [6, 6.07) is 2.01. The van der Waals surface area contributed by atoms with Gasteiger partial charge >= 0.3 is 0 Å². The summed E-state index contributed by atoms with van der Waals surface area (Å²) in [4.78, 5) is 12.2. The number of likely N-dealkylation sites (N-methyl/N-ethyl adjacent to an activating group) is 1. The van der Waals surface area contributed by atoms with Gasteiger partial charge in [-0.05, 0) is 21.0 Å². The summed E-state index contributed by atoms with van der Waals surface area (Å²) >= 11 is 5.54. The molecule has 1 aromatic carbocycles. The Balaban J connectivity index is 3.00. The molecule has 0 aliphatic rings. The van der Waals surface area contributed by atoms with Crippen LogP contribution in [0.4, 0.5) is 15.8 Å². The summed E-state index contributed by atoms with van der Waals surface area (Å²) in [7, 11) is 3.77. The van der Waals surface area contributed by atoms with Crippen molar-refractivity contribution in [3.63, 3.8) is 0 Å². The van der Waals surface area contributed by atoms with Crippen LogP contribution in [0.5, 0.6) is 0 Å². The Morgan fingerprint density at radius 1 is 1.56 bits per heavy atom. The molecule has 1 atom stereocenters. The number of nitro benzene ring substituents is 1. The molecule has 100 valence electrons. The monoisotopic (exact) mass is 275 g/mol. The van der Waals surface area contributed by atoms with E-state index in [1.54, 1.807) is 0 Å². The van der Waals surface area contributed by atoms with E-state index in [2.05, 4.69) is 5.32 Å². The SMILES string of the molecule is CC(CN(C)C)Nc1cc(F)c(Cl)cc1[N+](=O)[O-]. The average molecular weight is 276 g/mol. The molecule has 0 radical (unpaired) electrons. The van der Waals surface area contributed by atoms with Gasteiger partial charge in [-0.15, -0.1) is 0 Å². The van der Waals surface area contributed by atoms with E-state index in [-0.39, 0.29) is 22.4 Å². The van der Waals surface area contributed by atoms with Gasteiger partial charge in [0.25, 0.3) is 5.69 Å². The summed E-state index contributed by atoms with van der Waals surface area (Å²) in [6.07, 6.45) is 0. The van der Waals surface area contributed by atoms with Crippen LogP contribution in [0.15, 0.2) is 12.1 Å². The molecule has 7 heteroatoms. The maximum Gasteiger partial charge on any atom is 0.294 e. The van der Waals surface area contributed by atoms with Crippen LogP contribution in [0, 0.1) is 15.9 Å². The van der Waals surface area contributed by atoms with Gasteiger partial charge in [-0.3, -0.25) is 10.1 Å². The van der Waals surface area contributed by atoms with Gasteiger partial charge in [0.2, 0.25) is 0 Å². The lowest BCUT2D eigenvalue weighted by molar-refractivity contribution is -0.384. The largest absolute Gasteiger partial charge is 0.376 e. The Kier molecular flexibility index (Phi) is 4.86. The lowest BCUT2D eigenvalue weighted by atomic mass is 10.2. The lowest BCUT2D eigenvalue weighted by Gasteiger charge is -2.19. The number of nitrogens with one attached hydrogen (secondary N) is 1. The number of nitrogens with zero attached hydrogens (tertiary/aromatic N) is 2. The number of benzene rings is 1. The van der Waals surface area contributed by atoms with Crippen molar-refractivity contribution in [2.75, 3.05) is 26.0 Å². The van der Waals surface area contributed by atoms with E-state index in [0.717, 1.165) is 12.1 Å². The van der Waals surface area contributed by atoms with Crippen molar-refractivity contribution in [3.8, 4) is 0 Å². The molecule has 0 fully saturated rings. The molecule has 0 aliphatic heterocycles. The minimum Gasteiger partial charge on any atom is -0.376 e. The summed E-state index contributed by atoms with van der Waals surface area (Å²) in [5.41, 5.74) is -0.0942. The van der Waals surface area contributed by atoms with Gasteiger partial charge < -0.3 is 10.2 Å². The highest BCUT2D eigenvalue weighted by Gasteiger charge is 2.19. The average Bonchev–Trinajstić information content (AvgIpc) is 2.21. The van der Waals surface area contributed by atoms with Crippen LogP contribution in [0.3, 0.4) is 0 Å². The van der Waals surface area contributed by atoms with E-state index in [1.165, 1.54) is 0 Å². The predicted octanol–water partition coefficient (Wildman–Crippen LogP) is 2.75. The molecule has 0 aromatic heterocycles. The molecule has 0 spiro atoms. The zero-order chi connectivity index (χ0) is 13.9. The molecule has 0 heterocycles. The Hall–Kier alpha value is -1.40. The first kappa shape index (κ1) is 14.7. The maximum atomic E-state index is 13.3. The Morgan fingerprint density at radius 2 is 2.17 bits per heavy atom. The zero-order valence-electron chi connectivity index (χ0n) is 10.4. The first-order valence-electron chi connectivity index (χ1n) is 5.36. The fraction of sp³-hybridized carbons (Fsp3) is 0.455. The highest BCUT2D eigenvalue weighted by atomic mass is 35.5. The third-order valence-corrected chi connectivity index (χ3v) is 2.57. The van der Waals surface area contributed by atoms with Crippen molar-refractivity contribution < 1.29 is 9.31 Å². The number of hydrogen-bond donors (Lipinski definition) is 1. The lowest BCUT2D eigenvalue weighted by Crippen LogP contribution is -2.29. The summed E-state index contributed by atoms with van der Waals surface area (Å²) in [5.74, 6) is -0.679. The highest BCUT2D eigenvalue weighted by Crippen LogP contribution is 2.30. The van der Waals surface area contributed by atoms with Gasteiger partial charge in [0.1, 0.15) is 11.5 Å². The third kappa shape index (κ3) is 3.82. The Bertz CT molecular complexity index is 454. The third-order valence-electron chi connectivity index (χ3n) is 2.28. The molecule has 1 unspecified atom stereocenters. The smallest absolute Gasteiger partial charge is 0.294 e. The van der Waals surface area contributed by atoms with Crippen LogP contribution in [-0.4, -0.2) is 36.5 Å². The Labute approximate surface area is 110 Å². The van der Waals surface area contributed by atoms with E-state index in [0.29, 0.717) is 6.54 Å². The van der Waals surface area contributed by atoms with Crippen molar-refractivity contribution in [1.82, 2.24) is 4.90 Å². The topological polar surface area (TPSA) is 58.4 Å². The molecule has 0 saturated carbocycles. The van der Waals surface area contributed by atoms with Crippen molar-refractivity contribution in [2.45, 2.75) is 13.0 Å². The molecule has 1 rings (SSSR count). The molecule has 1 aromatic rings. The van der Waals surface area contributed by atoms with Crippen molar-refractivity contribution >= 4 is 23.0 Å². The van der Waals surface area contributed by atoms with E-state index in [4.69, 9.17) is 11.6 Å². The van der Waals surface area contributed by atoms with Crippen LogP contribution in [-0.2, 0) is 0 Å². The van der Waals surface area contributed by atoms with Crippen LogP contribution >= 0.6 is 11.6 Å². The molecule has 0 saturated heterocycles. The summed E-state index contributed by atoms with van der Waals surface area (Å²) < 4.78 is 13.3. The molecule has 0 bridgehead atoms. The van der Waals surface area contributed by atoms with Crippen LogP contribution in [0.2, 0.25) is 5.02 Å². The van der Waals surface area contributed by atoms with Gasteiger partial charge in [-0.2, -0.15) is 0 Å². The normalized spacial score (nSPS) is 12.6. The van der Waals surface area contributed by atoms with Crippen molar-refractivity contribution in [3.05, 3.63) is 33.1 Å². The number of nitro groups is 1. The second-order valence-electron chi connectivity index (χ2n) is 4.35. The molecule has 18 heavy (non-hydrogen) atoms. The second-order valence-corrected chi connectivity index (χ2v) is 4.76. The minimum absolute atomic E-state index is 0.0562. The zero-order valence-corrected chi connectivity index (χ0v) is 11.2. The van der Waals surface area contributed by atoms with E-state index >= 15 is 0 Å². The standard InChI is InChI=1S/C11H15ClFN3O2/c1-7(6-15(2)3)14-10-5-9(13)8(12)4-11(10)16(17)18/h4-5,7,14H,6H2,1-3H3. The molecule has 0 amide bonds. The molecule has 0 aliphatic carbocycles. The first-order chi connectivity index (χ1) is 8.31. The summed E-state index contributed by atoms with van der Waals surface area (Å²) in [5, 5.41) is 13.5. The fourth-order valence-corrected chi connectivity index (χ4v) is 1.82. The molecular weight excluding hydrogens is 261 g/mol. The number of anilines is 1. The number of hydrogen-bond acceptors (Lipinski definition) is 4. The minimum atomic E-state index is -0.679. The quantitative estimate of drug-likeness (QED) is 0.663. The van der Waals surface area contributed by atoms with E-state index < -0.39 is 10.7 Å². The number of halogens is 2. The highest BCUT2D eigenvalue weighted by molar-refractivity contribution is 6.31. The van der Waals surface area contributed by atoms with E-state index in [9.17, 15) is 14.5 Å². The molecular formula is C11H15ClFN3O2. The second kappa shape index (κ2) is 5.97. The van der Waals surface area contributed by atoms with Gasteiger partial charge in [0, 0.05) is 24.7 Å². The predicted molar refractivity (Wildman–Crippen MR) is 69.7 cm³/mol. The van der Waals surface area contributed by atoms with E-state index in [1.807, 2.05) is 25.9 Å². The molecule has 1 N–H and O–H groups in total. The van der Waals surface area contributed by atoms with Gasteiger partial charge in [-0.1, -0.05) is 11.6 Å². The van der Waals surface area contributed by atoms with Gasteiger partial charge in [-0.25, -0.2) is 4.39 Å². The van der Waals surface area contributed by atoms with Crippen LogP contribution < -0.4 is 5.32 Å². The van der Waals surface area contributed by atoms with Gasteiger partial charge in [0.05, 0.1) is 9.95 Å². The first-order valence-corrected chi connectivity index (χ1v) is 5.73.